The van der Waals surface area contributed by atoms with Crippen LogP contribution in [0.2, 0.25) is 0 Å². The first-order valence-electron chi connectivity index (χ1n) is 6.00. The van der Waals surface area contributed by atoms with Crippen LogP contribution in [0.15, 0.2) is 36.7 Å². The zero-order chi connectivity index (χ0) is 15.4. The van der Waals surface area contributed by atoms with E-state index >= 15 is 0 Å². The lowest BCUT2D eigenvalue weighted by Crippen LogP contribution is -2.15. The number of nitro groups is 1. The van der Waals surface area contributed by atoms with Gasteiger partial charge in [0.2, 0.25) is 0 Å². The molecule has 0 atom stereocenters. The lowest BCUT2D eigenvalue weighted by Gasteiger charge is -2.09. The summed E-state index contributed by atoms with van der Waals surface area (Å²) >= 11 is 0. The summed E-state index contributed by atoms with van der Waals surface area (Å²) in [5.41, 5.74) is 3.75. The third-order valence-electron chi connectivity index (χ3n) is 2.90. The van der Waals surface area contributed by atoms with Gasteiger partial charge in [-0.3, -0.25) is 25.7 Å². The van der Waals surface area contributed by atoms with E-state index in [2.05, 4.69) is 15.7 Å². The van der Waals surface area contributed by atoms with Crippen LogP contribution >= 0.6 is 0 Å². The van der Waals surface area contributed by atoms with Crippen LogP contribution in [-0.4, -0.2) is 15.8 Å². The van der Waals surface area contributed by atoms with Crippen molar-refractivity contribution in [2.45, 2.75) is 6.92 Å². The molecule has 0 spiro atoms. The first-order chi connectivity index (χ1) is 10.0. The Hall–Kier alpha value is -3.00. The van der Waals surface area contributed by atoms with Gasteiger partial charge in [-0.1, -0.05) is 0 Å². The molecule has 0 radical (unpaired) electrons. The predicted molar refractivity (Wildman–Crippen MR) is 77.8 cm³/mol. The number of aromatic nitrogens is 1. The highest BCUT2D eigenvalue weighted by Gasteiger charge is 2.16. The third kappa shape index (κ3) is 3.12. The summed E-state index contributed by atoms with van der Waals surface area (Å²) in [5.74, 6) is 4.83. The molecular formula is C13H13N5O3. The van der Waals surface area contributed by atoms with E-state index < -0.39 is 10.8 Å². The molecule has 1 aromatic heterocycles. The van der Waals surface area contributed by atoms with Gasteiger partial charge in [0.1, 0.15) is 5.69 Å². The molecule has 21 heavy (non-hydrogen) atoms. The Labute approximate surface area is 120 Å². The summed E-state index contributed by atoms with van der Waals surface area (Å²) in [7, 11) is 0. The predicted octanol–water partition coefficient (Wildman–Crippen LogP) is 1.84. The Bertz CT molecular complexity index is 702. The van der Waals surface area contributed by atoms with E-state index in [-0.39, 0.29) is 16.9 Å². The number of hydrogen-bond donors (Lipinski definition) is 3. The van der Waals surface area contributed by atoms with Crippen molar-refractivity contribution in [2.75, 3.05) is 10.7 Å². The number of benzene rings is 1. The minimum Gasteiger partial charge on any atom is -0.320 e. The van der Waals surface area contributed by atoms with Gasteiger partial charge in [-0.2, -0.15) is 0 Å². The fourth-order valence-electron chi connectivity index (χ4n) is 1.74. The van der Waals surface area contributed by atoms with Crippen molar-refractivity contribution in [2.24, 2.45) is 5.84 Å². The second-order valence-electron chi connectivity index (χ2n) is 4.28. The molecule has 1 amide bonds. The number of nitrogens with two attached hydrogens (primary N) is 1. The van der Waals surface area contributed by atoms with E-state index in [9.17, 15) is 14.9 Å². The van der Waals surface area contributed by atoms with Gasteiger partial charge in [0, 0.05) is 17.8 Å². The van der Waals surface area contributed by atoms with Gasteiger partial charge in [-0.05, 0) is 30.7 Å². The summed E-state index contributed by atoms with van der Waals surface area (Å²) in [6.45, 7) is 1.83. The Morgan fingerprint density at radius 1 is 1.33 bits per heavy atom. The molecule has 2 rings (SSSR count). The van der Waals surface area contributed by atoms with Crippen molar-refractivity contribution in [3.05, 3.63) is 57.9 Å². The summed E-state index contributed by atoms with van der Waals surface area (Å²) in [6.07, 6.45) is 3.15. The minimum absolute atomic E-state index is 0.0653. The van der Waals surface area contributed by atoms with Gasteiger partial charge in [0.05, 0.1) is 16.8 Å². The van der Waals surface area contributed by atoms with Gasteiger partial charge < -0.3 is 10.7 Å². The van der Waals surface area contributed by atoms with E-state index in [0.29, 0.717) is 5.69 Å². The fourth-order valence-corrected chi connectivity index (χ4v) is 1.74. The monoisotopic (exact) mass is 287 g/mol. The molecule has 0 aliphatic rings. The molecule has 0 fully saturated rings. The summed E-state index contributed by atoms with van der Waals surface area (Å²) in [5, 5.41) is 13.5. The van der Waals surface area contributed by atoms with Crippen LogP contribution in [0, 0.1) is 17.0 Å². The molecule has 8 heteroatoms. The lowest BCUT2D eigenvalue weighted by molar-refractivity contribution is -0.384. The van der Waals surface area contributed by atoms with Crippen LogP contribution < -0.4 is 16.6 Å². The van der Waals surface area contributed by atoms with Crippen LogP contribution in [0.3, 0.4) is 0 Å². The standard InChI is InChI=1S/C13H13N5O3/c1-8-4-5-15-7-11(8)16-13(19)9-2-3-12(18(20)21)10(6-9)17-14/h2-7,17H,14H2,1H3,(H,16,19). The number of nitrogen functional groups attached to an aromatic ring is 1. The average molecular weight is 287 g/mol. The van der Waals surface area contributed by atoms with E-state index in [4.69, 9.17) is 5.84 Å². The highest BCUT2D eigenvalue weighted by atomic mass is 16.6. The fraction of sp³-hybridized carbons (Fsp3) is 0.0769. The molecular weight excluding hydrogens is 274 g/mol. The Morgan fingerprint density at radius 2 is 2.10 bits per heavy atom. The number of hydrogen-bond acceptors (Lipinski definition) is 6. The highest BCUT2D eigenvalue weighted by molar-refractivity contribution is 6.05. The molecule has 0 bridgehead atoms. The minimum atomic E-state index is -0.581. The van der Waals surface area contributed by atoms with Gasteiger partial charge in [0.25, 0.3) is 11.6 Å². The van der Waals surface area contributed by atoms with Crippen molar-refractivity contribution in [3.8, 4) is 0 Å². The molecule has 108 valence electrons. The zero-order valence-corrected chi connectivity index (χ0v) is 11.2. The molecule has 1 aromatic carbocycles. The smallest absolute Gasteiger partial charge is 0.293 e. The Balaban J connectivity index is 2.28. The van der Waals surface area contributed by atoms with Crippen LogP contribution in [0.5, 0.6) is 0 Å². The second kappa shape index (κ2) is 5.97. The van der Waals surface area contributed by atoms with Crippen molar-refractivity contribution >= 4 is 23.0 Å². The summed E-state index contributed by atoms with van der Waals surface area (Å²) in [4.78, 5) is 26.3. The number of pyridine rings is 1. The molecule has 2 aromatic rings. The first-order valence-corrected chi connectivity index (χ1v) is 6.00. The number of aryl methyl sites for hydroxylation is 1. The molecule has 4 N–H and O–H groups in total. The number of nitrogens with one attached hydrogen (secondary N) is 2. The number of amides is 1. The molecule has 1 heterocycles. The highest BCUT2D eigenvalue weighted by Crippen LogP contribution is 2.25. The third-order valence-corrected chi connectivity index (χ3v) is 2.90. The molecule has 0 aliphatic carbocycles. The van der Waals surface area contributed by atoms with Crippen LogP contribution in [0.25, 0.3) is 0 Å². The van der Waals surface area contributed by atoms with Gasteiger partial charge in [-0.25, -0.2) is 0 Å². The number of carbonyl (C=O) groups excluding carboxylic acids is 1. The van der Waals surface area contributed by atoms with Crippen molar-refractivity contribution in [1.82, 2.24) is 4.98 Å². The van der Waals surface area contributed by atoms with Gasteiger partial charge >= 0.3 is 0 Å². The molecule has 0 unspecified atom stereocenters. The normalized spacial score (nSPS) is 10.0. The lowest BCUT2D eigenvalue weighted by atomic mass is 10.1. The largest absolute Gasteiger partial charge is 0.320 e. The Kier molecular flexibility index (Phi) is 4.10. The molecule has 0 saturated heterocycles. The van der Waals surface area contributed by atoms with Crippen molar-refractivity contribution in [1.29, 1.82) is 0 Å². The van der Waals surface area contributed by atoms with Crippen LogP contribution in [-0.2, 0) is 0 Å². The van der Waals surface area contributed by atoms with E-state index in [0.717, 1.165) is 5.56 Å². The number of rotatable bonds is 4. The maximum absolute atomic E-state index is 12.1. The first kappa shape index (κ1) is 14.4. The number of anilines is 2. The Morgan fingerprint density at radius 3 is 2.71 bits per heavy atom. The summed E-state index contributed by atoms with van der Waals surface area (Å²) < 4.78 is 0. The van der Waals surface area contributed by atoms with Crippen LogP contribution in [0.4, 0.5) is 17.1 Å². The topological polar surface area (TPSA) is 123 Å². The second-order valence-corrected chi connectivity index (χ2v) is 4.28. The number of hydrazine groups is 1. The van der Waals surface area contributed by atoms with Crippen molar-refractivity contribution < 1.29 is 9.72 Å². The molecule has 0 saturated carbocycles. The van der Waals surface area contributed by atoms with Gasteiger partial charge in [-0.15, -0.1) is 0 Å². The number of carbonyl (C=O) groups is 1. The maximum Gasteiger partial charge on any atom is 0.293 e. The SMILES string of the molecule is Cc1ccncc1NC(=O)c1ccc([N+](=O)[O-])c(NN)c1. The van der Waals surface area contributed by atoms with Gasteiger partial charge in [0.15, 0.2) is 0 Å². The number of nitro benzene ring substituents is 1. The van der Waals surface area contributed by atoms with Crippen LogP contribution in [0.1, 0.15) is 15.9 Å². The van der Waals surface area contributed by atoms with E-state index in [1.807, 2.05) is 6.92 Å². The quantitative estimate of drug-likeness (QED) is 0.448. The van der Waals surface area contributed by atoms with Crippen molar-refractivity contribution in [3.63, 3.8) is 0 Å². The van der Waals surface area contributed by atoms with E-state index in [1.54, 1.807) is 12.3 Å². The molecule has 0 aliphatic heterocycles. The zero-order valence-electron chi connectivity index (χ0n) is 11.2. The molecule has 8 nitrogen and oxygen atoms in total. The van der Waals surface area contributed by atoms with E-state index in [1.165, 1.54) is 24.4 Å². The average Bonchev–Trinajstić information content (AvgIpc) is 2.48. The summed E-state index contributed by atoms with van der Waals surface area (Å²) in [6, 6.07) is 5.66. The maximum atomic E-state index is 12.1. The number of nitrogens with zero attached hydrogens (tertiary/aromatic N) is 2.